The summed E-state index contributed by atoms with van der Waals surface area (Å²) in [6, 6.07) is 61.2. The Bertz CT molecular complexity index is 2920. The normalized spacial score (nSPS) is 13.8. The molecule has 0 bridgehead atoms. The zero-order valence-corrected chi connectivity index (χ0v) is 31.5. The third-order valence-corrected chi connectivity index (χ3v) is 10.7. The van der Waals surface area contributed by atoms with Gasteiger partial charge in [-0.3, -0.25) is 0 Å². The van der Waals surface area contributed by atoms with E-state index in [1.165, 1.54) is 11.1 Å². The van der Waals surface area contributed by atoms with Crippen molar-refractivity contribution in [2.45, 2.75) is 13.3 Å². The highest BCUT2D eigenvalue weighted by Gasteiger charge is 2.22. The van der Waals surface area contributed by atoms with Crippen molar-refractivity contribution >= 4 is 44.6 Å². The number of benzene rings is 7. The number of fused-ring (bicyclic) bond motifs is 3. The molecule has 0 N–H and O–H groups in total. The molecule has 2 heterocycles. The molecular weight excluding hydrogens is 697 g/mol. The summed E-state index contributed by atoms with van der Waals surface area (Å²) in [6.07, 6.45) is 7.52. The van der Waals surface area contributed by atoms with Gasteiger partial charge in [0.1, 0.15) is 11.2 Å². The van der Waals surface area contributed by atoms with Gasteiger partial charge in [-0.2, -0.15) is 0 Å². The number of allylic oxidation sites excluding steroid dienone is 4. The molecule has 9 aromatic rings. The van der Waals surface area contributed by atoms with E-state index < -0.39 is 0 Å². The van der Waals surface area contributed by atoms with Crippen molar-refractivity contribution < 1.29 is 4.42 Å². The average Bonchev–Trinajstić information content (AvgIpc) is 3.68. The molecule has 0 saturated heterocycles. The molecule has 0 amide bonds. The van der Waals surface area contributed by atoms with E-state index in [1.807, 2.05) is 48.5 Å². The van der Waals surface area contributed by atoms with Crippen LogP contribution < -0.4 is 4.90 Å². The van der Waals surface area contributed by atoms with Crippen molar-refractivity contribution in [2.75, 3.05) is 4.90 Å². The second-order valence-corrected chi connectivity index (χ2v) is 14.5. The first-order valence-corrected chi connectivity index (χ1v) is 19.4. The van der Waals surface area contributed by atoms with Gasteiger partial charge in [0, 0.05) is 39.0 Å². The molecule has 5 nitrogen and oxygen atoms in total. The first-order valence-electron chi connectivity index (χ1n) is 19.4. The van der Waals surface area contributed by atoms with Gasteiger partial charge in [0.25, 0.3) is 0 Å². The average molecular weight is 735 g/mol. The van der Waals surface area contributed by atoms with Crippen LogP contribution in [0.1, 0.15) is 19.2 Å². The molecular formula is C52H38N4O. The lowest BCUT2D eigenvalue weighted by Gasteiger charge is -2.26. The van der Waals surface area contributed by atoms with E-state index in [1.54, 1.807) is 0 Å². The molecule has 1 aliphatic carbocycles. The molecule has 0 fully saturated rings. The number of hydrogen-bond donors (Lipinski definition) is 0. The fraction of sp³-hybridized carbons (Fsp3) is 0.0577. The summed E-state index contributed by atoms with van der Waals surface area (Å²) in [6.45, 7) is 2.22. The van der Waals surface area contributed by atoms with Crippen LogP contribution in [0.5, 0.6) is 0 Å². The minimum atomic E-state index is 0.480. The van der Waals surface area contributed by atoms with E-state index in [9.17, 15) is 0 Å². The summed E-state index contributed by atoms with van der Waals surface area (Å²) in [7, 11) is 0. The lowest BCUT2D eigenvalue weighted by molar-refractivity contribution is 0.669. The Kier molecular flexibility index (Phi) is 8.81. The van der Waals surface area contributed by atoms with Crippen molar-refractivity contribution in [1.82, 2.24) is 15.0 Å². The topological polar surface area (TPSA) is 55.1 Å². The molecule has 2 aromatic heterocycles. The highest BCUT2D eigenvalue weighted by Crippen LogP contribution is 2.43. The molecule has 0 aliphatic heterocycles. The van der Waals surface area contributed by atoms with Crippen LogP contribution in [0.2, 0.25) is 0 Å². The molecule has 0 radical (unpaired) electrons. The van der Waals surface area contributed by atoms with Gasteiger partial charge in [-0.15, -0.1) is 0 Å². The molecule has 272 valence electrons. The number of para-hydroxylation sites is 2. The number of aromatic nitrogens is 3. The van der Waals surface area contributed by atoms with Crippen molar-refractivity contribution in [1.29, 1.82) is 0 Å². The molecule has 5 heteroatoms. The fourth-order valence-corrected chi connectivity index (χ4v) is 7.73. The van der Waals surface area contributed by atoms with E-state index in [4.69, 9.17) is 19.4 Å². The first-order chi connectivity index (χ1) is 28.2. The predicted octanol–water partition coefficient (Wildman–Crippen LogP) is 13.9. The summed E-state index contributed by atoms with van der Waals surface area (Å²) in [5.74, 6) is 2.34. The molecule has 1 unspecified atom stereocenters. The van der Waals surface area contributed by atoms with Crippen LogP contribution in [-0.2, 0) is 0 Å². The Hall–Kier alpha value is -7.37. The lowest BCUT2D eigenvalue weighted by atomic mass is 9.96. The molecule has 0 spiro atoms. The molecule has 0 saturated carbocycles. The highest BCUT2D eigenvalue weighted by molar-refractivity contribution is 6.16. The molecule has 1 atom stereocenters. The maximum atomic E-state index is 6.73. The summed E-state index contributed by atoms with van der Waals surface area (Å²) in [5, 5.41) is 2.07. The molecule has 1 aliphatic rings. The Morgan fingerprint density at radius 2 is 1.04 bits per heavy atom. The van der Waals surface area contributed by atoms with Crippen molar-refractivity contribution in [3.63, 3.8) is 0 Å². The summed E-state index contributed by atoms with van der Waals surface area (Å²) >= 11 is 0. The highest BCUT2D eigenvalue weighted by atomic mass is 16.3. The van der Waals surface area contributed by atoms with Gasteiger partial charge in [-0.05, 0) is 83.1 Å². The van der Waals surface area contributed by atoms with Crippen LogP contribution in [0.3, 0.4) is 0 Å². The van der Waals surface area contributed by atoms with E-state index in [2.05, 4.69) is 157 Å². The maximum Gasteiger partial charge on any atom is 0.167 e. The summed E-state index contributed by atoms with van der Waals surface area (Å²) in [5.41, 5.74) is 12.1. The zero-order chi connectivity index (χ0) is 38.1. The Morgan fingerprint density at radius 1 is 0.491 bits per heavy atom. The fourth-order valence-electron chi connectivity index (χ4n) is 7.73. The van der Waals surface area contributed by atoms with Crippen molar-refractivity contribution in [3.05, 3.63) is 200 Å². The smallest absolute Gasteiger partial charge is 0.167 e. The van der Waals surface area contributed by atoms with Gasteiger partial charge in [0.15, 0.2) is 17.5 Å². The standard InChI is InChI=1S/C52H38N4O/c1-35-21-23-40(24-22-35)51-53-50(39-15-7-3-8-16-39)54-52(55-51)46-34-33-44(48-45-19-11-12-20-47(45)57-49(46)48)38-27-31-43(32-28-38)56(41-17-9-4-10-18-41)42-29-25-37(26-30-42)36-13-5-2-6-14-36/h2-21,23-35H,22H2,1H3. The van der Waals surface area contributed by atoms with Crippen molar-refractivity contribution in [3.8, 4) is 45.0 Å². The van der Waals surface area contributed by atoms with Gasteiger partial charge in [0.05, 0.1) is 5.56 Å². The van der Waals surface area contributed by atoms with Gasteiger partial charge in [-0.25, -0.2) is 15.0 Å². The number of rotatable bonds is 8. The van der Waals surface area contributed by atoms with Gasteiger partial charge >= 0.3 is 0 Å². The number of anilines is 3. The van der Waals surface area contributed by atoms with Crippen LogP contribution >= 0.6 is 0 Å². The second-order valence-electron chi connectivity index (χ2n) is 14.5. The molecule has 7 aromatic carbocycles. The van der Waals surface area contributed by atoms with Crippen LogP contribution in [0.25, 0.3) is 72.5 Å². The predicted molar refractivity (Wildman–Crippen MR) is 234 cm³/mol. The van der Waals surface area contributed by atoms with Gasteiger partial charge in [0.2, 0.25) is 0 Å². The molecule has 57 heavy (non-hydrogen) atoms. The summed E-state index contributed by atoms with van der Waals surface area (Å²) in [4.78, 5) is 17.5. The third-order valence-electron chi connectivity index (χ3n) is 10.7. The number of furan rings is 1. The Morgan fingerprint density at radius 3 is 1.72 bits per heavy atom. The summed E-state index contributed by atoms with van der Waals surface area (Å²) < 4.78 is 6.73. The SMILES string of the molecule is CC1C=CC(c2nc(-c3ccccc3)nc(-c3ccc(-c4ccc(N(c5ccccc5)c5ccc(-c6ccccc6)cc5)cc4)c4c3oc3ccccc34)n2)=CC1. The van der Waals surface area contributed by atoms with Crippen LogP contribution in [-0.4, -0.2) is 15.0 Å². The van der Waals surface area contributed by atoms with E-state index >= 15 is 0 Å². The van der Waals surface area contributed by atoms with Crippen molar-refractivity contribution in [2.24, 2.45) is 5.92 Å². The Balaban J connectivity index is 1.08. The van der Waals surface area contributed by atoms with E-state index in [-0.39, 0.29) is 0 Å². The number of nitrogens with zero attached hydrogens (tertiary/aromatic N) is 4. The third kappa shape index (κ3) is 6.59. The monoisotopic (exact) mass is 734 g/mol. The Labute approximate surface area is 332 Å². The maximum absolute atomic E-state index is 6.73. The van der Waals surface area contributed by atoms with Crippen LogP contribution in [0.15, 0.2) is 199 Å². The van der Waals surface area contributed by atoms with E-state index in [0.717, 1.165) is 73.2 Å². The van der Waals surface area contributed by atoms with Crippen LogP contribution in [0.4, 0.5) is 17.1 Å². The lowest BCUT2D eigenvalue weighted by Crippen LogP contribution is -2.09. The first kappa shape index (κ1) is 34.1. The zero-order valence-electron chi connectivity index (χ0n) is 31.5. The second kappa shape index (κ2) is 14.7. The van der Waals surface area contributed by atoms with E-state index in [0.29, 0.717) is 23.4 Å². The minimum absolute atomic E-state index is 0.480. The minimum Gasteiger partial charge on any atom is -0.455 e. The number of hydrogen-bond acceptors (Lipinski definition) is 5. The largest absolute Gasteiger partial charge is 0.455 e. The quantitative estimate of drug-likeness (QED) is 0.156. The van der Waals surface area contributed by atoms with Gasteiger partial charge in [-0.1, -0.05) is 153 Å². The molecule has 10 rings (SSSR count). The van der Waals surface area contributed by atoms with Crippen LogP contribution in [0, 0.1) is 5.92 Å². The van der Waals surface area contributed by atoms with Gasteiger partial charge < -0.3 is 9.32 Å².